The SMILES string of the molecule is [CH2]CCCCCC(=O)C(O)CO. The molecule has 0 heterocycles. The zero-order valence-electron chi connectivity index (χ0n) is 7.33. The molecule has 12 heavy (non-hydrogen) atoms. The van der Waals surface area contributed by atoms with Gasteiger partial charge in [-0.1, -0.05) is 26.2 Å². The molecule has 0 aromatic heterocycles. The second-order valence-electron chi connectivity index (χ2n) is 2.83. The Hall–Kier alpha value is -0.410. The number of unbranched alkanes of at least 4 members (excludes halogenated alkanes) is 3. The molecule has 0 saturated carbocycles. The molecule has 0 fully saturated rings. The number of Topliss-reactive ketones (excluding diaryl/α,β-unsaturated/α-hetero) is 1. The van der Waals surface area contributed by atoms with Crippen LogP contribution in [0.5, 0.6) is 0 Å². The van der Waals surface area contributed by atoms with Crippen LogP contribution in [-0.2, 0) is 4.79 Å². The van der Waals surface area contributed by atoms with E-state index in [2.05, 4.69) is 6.92 Å². The van der Waals surface area contributed by atoms with E-state index in [0.29, 0.717) is 6.42 Å². The Morgan fingerprint density at radius 2 is 2.00 bits per heavy atom. The highest BCUT2D eigenvalue weighted by atomic mass is 16.3. The van der Waals surface area contributed by atoms with Gasteiger partial charge in [-0.15, -0.1) is 0 Å². The topological polar surface area (TPSA) is 57.5 Å². The Morgan fingerprint density at radius 1 is 1.33 bits per heavy atom. The minimum atomic E-state index is -1.18. The molecule has 0 aromatic rings. The fourth-order valence-corrected chi connectivity index (χ4v) is 0.921. The molecule has 0 aliphatic carbocycles. The molecule has 2 N–H and O–H groups in total. The Balaban J connectivity index is 3.31. The summed E-state index contributed by atoms with van der Waals surface area (Å²) in [7, 11) is 0. The highest BCUT2D eigenvalue weighted by Crippen LogP contribution is 2.04. The van der Waals surface area contributed by atoms with Crippen LogP contribution in [-0.4, -0.2) is 28.7 Å². The molecular weight excluding hydrogens is 156 g/mol. The van der Waals surface area contributed by atoms with Gasteiger partial charge in [-0.05, 0) is 6.42 Å². The lowest BCUT2D eigenvalue weighted by Crippen LogP contribution is -2.23. The lowest BCUT2D eigenvalue weighted by Gasteiger charge is -2.04. The molecule has 1 radical (unpaired) electrons. The summed E-state index contributed by atoms with van der Waals surface area (Å²) >= 11 is 0. The van der Waals surface area contributed by atoms with E-state index in [-0.39, 0.29) is 5.78 Å². The van der Waals surface area contributed by atoms with Gasteiger partial charge in [0.15, 0.2) is 5.78 Å². The van der Waals surface area contributed by atoms with Gasteiger partial charge in [0, 0.05) is 6.42 Å². The van der Waals surface area contributed by atoms with E-state index >= 15 is 0 Å². The van der Waals surface area contributed by atoms with Crippen LogP contribution in [0.3, 0.4) is 0 Å². The van der Waals surface area contributed by atoms with Crippen molar-refractivity contribution in [2.45, 2.75) is 38.2 Å². The van der Waals surface area contributed by atoms with Gasteiger partial charge < -0.3 is 10.2 Å². The summed E-state index contributed by atoms with van der Waals surface area (Å²) in [6.45, 7) is 3.22. The average molecular weight is 173 g/mol. The van der Waals surface area contributed by atoms with Crippen molar-refractivity contribution < 1.29 is 15.0 Å². The Kier molecular flexibility index (Phi) is 7.00. The van der Waals surface area contributed by atoms with Crippen LogP contribution in [0, 0.1) is 6.92 Å². The van der Waals surface area contributed by atoms with Gasteiger partial charge in [0.05, 0.1) is 6.61 Å². The molecule has 0 amide bonds. The lowest BCUT2D eigenvalue weighted by atomic mass is 10.1. The van der Waals surface area contributed by atoms with Crippen molar-refractivity contribution >= 4 is 5.78 Å². The van der Waals surface area contributed by atoms with Crippen molar-refractivity contribution in [3.8, 4) is 0 Å². The monoisotopic (exact) mass is 173 g/mol. The fourth-order valence-electron chi connectivity index (χ4n) is 0.921. The van der Waals surface area contributed by atoms with Gasteiger partial charge in [0.2, 0.25) is 0 Å². The number of aliphatic hydroxyl groups excluding tert-OH is 2. The molecule has 0 aliphatic rings. The molecule has 1 atom stereocenters. The summed E-state index contributed by atoms with van der Waals surface area (Å²) < 4.78 is 0. The highest BCUT2D eigenvalue weighted by Gasteiger charge is 2.11. The van der Waals surface area contributed by atoms with Crippen molar-refractivity contribution in [1.29, 1.82) is 0 Å². The first-order valence-electron chi connectivity index (χ1n) is 4.33. The maximum Gasteiger partial charge on any atom is 0.163 e. The predicted octanol–water partition coefficient (Wildman–Crippen LogP) is 0.693. The molecule has 0 bridgehead atoms. The van der Waals surface area contributed by atoms with Gasteiger partial charge in [-0.25, -0.2) is 0 Å². The number of carbonyl (C=O) groups excluding carboxylic acids is 1. The third-order valence-corrected chi connectivity index (χ3v) is 1.72. The Morgan fingerprint density at radius 3 is 2.50 bits per heavy atom. The number of hydrogen-bond acceptors (Lipinski definition) is 3. The van der Waals surface area contributed by atoms with Crippen molar-refractivity contribution in [1.82, 2.24) is 0 Å². The van der Waals surface area contributed by atoms with E-state index in [1.54, 1.807) is 0 Å². The minimum absolute atomic E-state index is 0.262. The van der Waals surface area contributed by atoms with Crippen molar-refractivity contribution in [2.75, 3.05) is 6.61 Å². The van der Waals surface area contributed by atoms with E-state index in [1.807, 2.05) is 0 Å². The van der Waals surface area contributed by atoms with Gasteiger partial charge >= 0.3 is 0 Å². The second-order valence-corrected chi connectivity index (χ2v) is 2.83. The number of hydrogen-bond donors (Lipinski definition) is 2. The first-order valence-corrected chi connectivity index (χ1v) is 4.33. The molecule has 0 aliphatic heterocycles. The van der Waals surface area contributed by atoms with Crippen LogP contribution in [0.2, 0.25) is 0 Å². The summed E-state index contributed by atoms with van der Waals surface area (Å²) in [5.74, 6) is -0.262. The van der Waals surface area contributed by atoms with Crippen molar-refractivity contribution in [2.24, 2.45) is 0 Å². The fraction of sp³-hybridized carbons (Fsp3) is 0.778. The minimum Gasteiger partial charge on any atom is -0.393 e. The molecule has 0 aromatic carbocycles. The Labute approximate surface area is 73.4 Å². The number of aliphatic hydroxyl groups is 2. The molecule has 71 valence electrons. The first kappa shape index (κ1) is 11.6. The third kappa shape index (κ3) is 5.27. The van der Waals surface area contributed by atoms with E-state index in [4.69, 9.17) is 10.2 Å². The molecule has 0 saturated heterocycles. The van der Waals surface area contributed by atoms with E-state index < -0.39 is 12.7 Å². The Bertz CT molecular complexity index is 123. The number of ketones is 1. The van der Waals surface area contributed by atoms with Crippen LogP contribution in [0.15, 0.2) is 0 Å². The van der Waals surface area contributed by atoms with Crippen LogP contribution in [0.4, 0.5) is 0 Å². The smallest absolute Gasteiger partial charge is 0.163 e. The van der Waals surface area contributed by atoms with Gasteiger partial charge in [-0.2, -0.15) is 0 Å². The van der Waals surface area contributed by atoms with E-state index in [1.165, 1.54) is 0 Å². The largest absolute Gasteiger partial charge is 0.393 e. The van der Waals surface area contributed by atoms with E-state index in [9.17, 15) is 4.79 Å². The van der Waals surface area contributed by atoms with Crippen LogP contribution in [0.25, 0.3) is 0 Å². The normalized spacial score (nSPS) is 12.9. The van der Waals surface area contributed by atoms with Crippen LogP contribution >= 0.6 is 0 Å². The summed E-state index contributed by atoms with van der Waals surface area (Å²) in [5, 5.41) is 17.3. The van der Waals surface area contributed by atoms with Crippen molar-refractivity contribution in [3.63, 3.8) is 0 Å². The summed E-state index contributed by atoms with van der Waals surface area (Å²) in [6, 6.07) is 0. The second kappa shape index (κ2) is 7.25. The summed E-state index contributed by atoms with van der Waals surface area (Å²) in [4.78, 5) is 10.9. The van der Waals surface area contributed by atoms with Gasteiger partial charge in [0.1, 0.15) is 6.10 Å². The van der Waals surface area contributed by atoms with Gasteiger partial charge in [-0.3, -0.25) is 4.79 Å². The van der Waals surface area contributed by atoms with Gasteiger partial charge in [0.25, 0.3) is 0 Å². The zero-order chi connectivity index (χ0) is 9.40. The maximum atomic E-state index is 10.9. The first-order chi connectivity index (χ1) is 5.72. The third-order valence-electron chi connectivity index (χ3n) is 1.72. The van der Waals surface area contributed by atoms with Crippen molar-refractivity contribution in [3.05, 3.63) is 6.92 Å². The quantitative estimate of drug-likeness (QED) is 0.557. The molecule has 1 unspecified atom stereocenters. The molecule has 3 nitrogen and oxygen atoms in total. The standard InChI is InChI=1S/C9H17O3/c1-2-3-4-5-6-8(11)9(12)7-10/h9-10,12H,1-7H2. The number of carbonyl (C=O) groups is 1. The lowest BCUT2D eigenvalue weighted by molar-refractivity contribution is -0.129. The molecular formula is C9H17O3. The number of rotatable bonds is 7. The van der Waals surface area contributed by atoms with E-state index in [0.717, 1.165) is 25.7 Å². The summed E-state index contributed by atoms with van der Waals surface area (Å²) in [6.07, 6.45) is 2.84. The maximum absolute atomic E-state index is 10.9. The highest BCUT2D eigenvalue weighted by molar-refractivity contribution is 5.82. The predicted molar refractivity (Wildman–Crippen MR) is 46.5 cm³/mol. The van der Waals surface area contributed by atoms with Crippen LogP contribution < -0.4 is 0 Å². The zero-order valence-corrected chi connectivity index (χ0v) is 7.33. The molecule has 3 heteroatoms. The molecule has 0 rings (SSSR count). The van der Waals surface area contributed by atoms with Crippen LogP contribution in [0.1, 0.15) is 32.1 Å². The molecule has 0 spiro atoms. The average Bonchev–Trinajstić information content (AvgIpc) is 2.10. The summed E-state index contributed by atoms with van der Waals surface area (Å²) in [5.41, 5.74) is 0.